The minimum absolute atomic E-state index is 0.166. The van der Waals surface area contributed by atoms with Crippen molar-refractivity contribution >= 4 is 21.8 Å². The van der Waals surface area contributed by atoms with Gasteiger partial charge >= 0.3 is 6.18 Å². The Kier molecular flexibility index (Phi) is 3.66. The molecule has 1 fully saturated rings. The van der Waals surface area contributed by atoms with E-state index in [2.05, 4.69) is 15.9 Å². The normalized spacial score (nSPS) is 20.2. The van der Waals surface area contributed by atoms with Gasteiger partial charge in [0.2, 0.25) is 0 Å². The maximum atomic E-state index is 12.8. The van der Waals surface area contributed by atoms with Gasteiger partial charge in [-0.25, -0.2) is 0 Å². The summed E-state index contributed by atoms with van der Waals surface area (Å²) in [4.78, 5) is 13.7. The summed E-state index contributed by atoms with van der Waals surface area (Å²) < 4.78 is 38.4. The predicted molar refractivity (Wildman–Crippen MR) is 64.7 cm³/mol. The molecule has 6 heteroatoms. The molecule has 0 saturated carbocycles. The SMILES string of the molecule is O=C(c1ccccc1C(F)(F)F)N1CCC(Br)C1. The number of amides is 1. The number of halogens is 4. The molecule has 0 N–H and O–H groups in total. The summed E-state index contributed by atoms with van der Waals surface area (Å²) in [6.45, 7) is 0.936. The van der Waals surface area contributed by atoms with E-state index < -0.39 is 17.6 Å². The highest BCUT2D eigenvalue weighted by Crippen LogP contribution is 2.33. The van der Waals surface area contributed by atoms with Crippen molar-refractivity contribution in [1.82, 2.24) is 4.90 Å². The van der Waals surface area contributed by atoms with E-state index in [9.17, 15) is 18.0 Å². The maximum absolute atomic E-state index is 12.8. The lowest BCUT2D eigenvalue weighted by molar-refractivity contribution is -0.138. The highest BCUT2D eigenvalue weighted by Gasteiger charge is 2.36. The van der Waals surface area contributed by atoms with Crippen LogP contribution in [0.5, 0.6) is 0 Å². The van der Waals surface area contributed by atoms with Crippen molar-refractivity contribution in [2.75, 3.05) is 13.1 Å². The van der Waals surface area contributed by atoms with Crippen LogP contribution < -0.4 is 0 Å². The largest absolute Gasteiger partial charge is 0.417 e. The Bertz CT molecular complexity index is 461. The zero-order valence-corrected chi connectivity index (χ0v) is 11.0. The van der Waals surface area contributed by atoms with Crippen molar-refractivity contribution in [3.05, 3.63) is 35.4 Å². The highest BCUT2D eigenvalue weighted by molar-refractivity contribution is 9.09. The predicted octanol–water partition coefficient (Wildman–Crippen LogP) is 3.31. The van der Waals surface area contributed by atoms with Gasteiger partial charge in [-0.2, -0.15) is 13.2 Å². The van der Waals surface area contributed by atoms with E-state index in [-0.39, 0.29) is 10.4 Å². The standard InChI is InChI=1S/C12H11BrF3NO/c13-8-5-6-17(7-8)11(18)9-3-1-2-4-10(9)12(14,15)16/h1-4,8H,5-7H2. The molecular weight excluding hydrogens is 311 g/mol. The van der Waals surface area contributed by atoms with E-state index in [1.54, 1.807) is 0 Å². The van der Waals surface area contributed by atoms with Crippen molar-refractivity contribution in [3.63, 3.8) is 0 Å². The molecule has 2 rings (SSSR count). The molecule has 1 atom stereocenters. The average Bonchev–Trinajstić information content (AvgIpc) is 2.74. The molecule has 0 bridgehead atoms. The second-order valence-electron chi connectivity index (χ2n) is 4.18. The van der Waals surface area contributed by atoms with E-state index in [1.165, 1.54) is 23.1 Å². The lowest BCUT2D eigenvalue weighted by atomic mass is 10.1. The number of alkyl halides is 4. The van der Waals surface area contributed by atoms with Crippen molar-refractivity contribution in [2.45, 2.75) is 17.4 Å². The van der Waals surface area contributed by atoms with Gasteiger partial charge in [0.05, 0.1) is 11.1 Å². The van der Waals surface area contributed by atoms with Gasteiger partial charge in [-0.15, -0.1) is 0 Å². The van der Waals surface area contributed by atoms with Crippen LogP contribution in [-0.2, 0) is 6.18 Å². The monoisotopic (exact) mass is 321 g/mol. The second kappa shape index (κ2) is 4.91. The molecule has 1 aliphatic rings. The van der Waals surface area contributed by atoms with Gasteiger partial charge in [0, 0.05) is 17.9 Å². The minimum Gasteiger partial charge on any atom is -0.337 e. The van der Waals surface area contributed by atoms with Gasteiger partial charge in [0.25, 0.3) is 5.91 Å². The Hall–Kier alpha value is -1.04. The number of hydrogen-bond acceptors (Lipinski definition) is 1. The molecule has 98 valence electrons. The molecule has 0 aliphatic carbocycles. The molecule has 0 aromatic heterocycles. The van der Waals surface area contributed by atoms with E-state index in [0.29, 0.717) is 13.1 Å². The zero-order chi connectivity index (χ0) is 13.3. The first kappa shape index (κ1) is 13.4. The Morgan fingerprint density at radius 1 is 1.33 bits per heavy atom. The van der Waals surface area contributed by atoms with Crippen molar-refractivity contribution < 1.29 is 18.0 Å². The molecule has 1 amide bonds. The topological polar surface area (TPSA) is 20.3 Å². The molecule has 1 aromatic carbocycles. The Labute approximate surface area is 111 Å². The molecule has 0 spiro atoms. The zero-order valence-electron chi connectivity index (χ0n) is 9.38. The van der Waals surface area contributed by atoms with E-state index >= 15 is 0 Å². The van der Waals surface area contributed by atoms with Crippen LogP contribution in [0.3, 0.4) is 0 Å². The maximum Gasteiger partial charge on any atom is 0.417 e. The van der Waals surface area contributed by atoms with Gasteiger partial charge in [-0.1, -0.05) is 28.1 Å². The van der Waals surface area contributed by atoms with Crippen LogP contribution in [0.1, 0.15) is 22.3 Å². The second-order valence-corrected chi connectivity index (χ2v) is 5.48. The van der Waals surface area contributed by atoms with Crippen molar-refractivity contribution in [1.29, 1.82) is 0 Å². The molecule has 0 radical (unpaired) electrons. The minimum atomic E-state index is -4.50. The van der Waals surface area contributed by atoms with Crippen molar-refractivity contribution in [2.24, 2.45) is 0 Å². The molecule has 1 saturated heterocycles. The first-order chi connectivity index (χ1) is 8.39. The summed E-state index contributed by atoms with van der Waals surface area (Å²) in [7, 11) is 0. The third-order valence-corrected chi connectivity index (χ3v) is 3.63. The molecule has 1 heterocycles. The van der Waals surface area contributed by atoms with Gasteiger partial charge in [-0.3, -0.25) is 4.79 Å². The summed E-state index contributed by atoms with van der Waals surface area (Å²) in [5, 5.41) is 0. The lowest BCUT2D eigenvalue weighted by Crippen LogP contribution is -2.30. The number of likely N-dealkylation sites (tertiary alicyclic amines) is 1. The van der Waals surface area contributed by atoms with Gasteiger partial charge < -0.3 is 4.90 Å². The summed E-state index contributed by atoms with van der Waals surface area (Å²) in [5.41, 5.74) is -1.14. The van der Waals surface area contributed by atoms with E-state index in [1.807, 2.05) is 0 Å². The highest BCUT2D eigenvalue weighted by atomic mass is 79.9. The number of rotatable bonds is 1. The number of carbonyl (C=O) groups excluding carboxylic acids is 1. The van der Waals surface area contributed by atoms with Crippen molar-refractivity contribution in [3.8, 4) is 0 Å². The van der Waals surface area contributed by atoms with Crippen LogP contribution in [0.4, 0.5) is 13.2 Å². The van der Waals surface area contributed by atoms with Gasteiger partial charge in [0.15, 0.2) is 0 Å². The fourth-order valence-corrected chi connectivity index (χ4v) is 2.54. The molecule has 1 unspecified atom stereocenters. The van der Waals surface area contributed by atoms with Gasteiger partial charge in [-0.05, 0) is 18.6 Å². The molecule has 1 aromatic rings. The van der Waals surface area contributed by atoms with Crippen LogP contribution in [-0.4, -0.2) is 28.7 Å². The van der Waals surface area contributed by atoms with Crippen LogP contribution >= 0.6 is 15.9 Å². The van der Waals surface area contributed by atoms with E-state index in [0.717, 1.165) is 12.5 Å². The number of hydrogen-bond donors (Lipinski definition) is 0. The lowest BCUT2D eigenvalue weighted by Gasteiger charge is -2.18. The number of carbonyl (C=O) groups is 1. The first-order valence-corrected chi connectivity index (χ1v) is 6.40. The fourth-order valence-electron chi connectivity index (χ4n) is 1.99. The summed E-state index contributed by atoms with van der Waals surface area (Å²) in [5.74, 6) is -0.551. The summed E-state index contributed by atoms with van der Waals surface area (Å²) >= 11 is 3.36. The number of nitrogens with zero attached hydrogens (tertiary/aromatic N) is 1. The Balaban J connectivity index is 2.31. The van der Waals surface area contributed by atoms with Crippen LogP contribution in [0, 0.1) is 0 Å². The Morgan fingerprint density at radius 3 is 2.56 bits per heavy atom. The van der Waals surface area contributed by atoms with E-state index in [4.69, 9.17) is 0 Å². The Morgan fingerprint density at radius 2 is 2.00 bits per heavy atom. The quantitative estimate of drug-likeness (QED) is 0.727. The molecular formula is C12H11BrF3NO. The molecule has 18 heavy (non-hydrogen) atoms. The van der Waals surface area contributed by atoms with Crippen LogP contribution in [0.25, 0.3) is 0 Å². The third kappa shape index (κ3) is 2.68. The van der Waals surface area contributed by atoms with Crippen LogP contribution in [0.15, 0.2) is 24.3 Å². The fraction of sp³-hybridized carbons (Fsp3) is 0.417. The molecule has 1 aliphatic heterocycles. The van der Waals surface area contributed by atoms with Crippen LogP contribution in [0.2, 0.25) is 0 Å². The van der Waals surface area contributed by atoms with Gasteiger partial charge in [0.1, 0.15) is 0 Å². The smallest absolute Gasteiger partial charge is 0.337 e. The number of benzene rings is 1. The average molecular weight is 322 g/mol. The summed E-state index contributed by atoms with van der Waals surface area (Å²) in [6.07, 6.45) is -3.74. The third-order valence-electron chi connectivity index (χ3n) is 2.88. The molecule has 2 nitrogen and oxygen atoms in total. The first-order valence-electron chi connectivity index (χ1n) is 5.49. The summed E-state index contributed by atoms with van der Waals surface area (Å²) in [6, 6.07) is 4.91.